The Hall–Kier alpha value is -2.42. The minimum Gasteiger partial charge on any atom is -0.453 e. The molecule has 0 heterocycles. The number of hydrogen-bond acceptors (Lipinski definition) is 6. The molecule has 1 aromatic carbocycles. The van der Waals surface area contributed by atoms with Crippen LogP contribution in [-0.2, 0) is 19.1 Å². The summed E-state index contributed by atoms with van der Waals surface area (Å²) in [5, 5.41) is 4.23. The second-order valence-electron chi connectivity index (χ2n) is 4.28. The number of alkyl carbamates (subject to hydrolysis) is 1. The second kappa shape index (κ2) is 8.89. The summed E-state index contributed by atoms with van der Waals surface area (Å²) in [5.74, 6) is -2.12. The molecule has 1 aromatic rings. The third-order valence-electron chi connectivity index (χ3n) is 2.60. The first-order valence-corrected chi connectivity index (χ1v) is 7.25. The molecule has 2 N–H and O–H groups in total. The fraction of sp³-hybridized carbons (Fsp3) is 0.286. The zero-order valence-electron chi connectivity index (χ0n) is 12.4. The van der Waals surface area contributed by atoms with Crippen molar-refractivity contribution in [3.63, 3.8) is 0 Å². The van der Waals surface area contributed by atoms with Crippen LogP contribution in [0.4, 0.5) is 4.79 Å². The first-order chi connectivity index (χ1) is 10.8. The van der Waals surface area contributed by atoms with Crippen LogP contribution in [0.2, 0.25) is 0 Å². The van der Waals surface area contributed by atoms with Gasteiger partial charge in [-0.05, 0) is 35.0 Å². The van der Waals surface area contributed by atoms with E-state index < -0.39 is 36.5 Å². The number of carbonyl (C=O) groups is 4. The van der Waals surface area contributed by atoms with Crippen LogP contribution in [0.25, 0.3) is 0 Å². The van der Waals surface area contributed by atoms with Crippen LogP contribution < -0.4 is 10.6 Å². The van der Waals surface area contributed by atoms with E-state index in [1.165, 1.54) is 6.92 Å². The zero-order chi connectivity index (χ0) is 17.4. The Kier molecular flexibility index (Phi) is 7.20. The van der Waals surface area contributed by atoms with Gasteiger partial charge in [0.05, 0.1) is 12.7 Å². The Labute approximate surface area is 140 Å². The number of rotatable bonds is 5. The SMILES string of the molecule is COC(=O)NC(=O)[C@@H](C)OC(=O)CNC(=O)c1ccccc1Br. The molecule has 3 amide bonds. The summed E-state index contributed by atoms with van der Waals surface area (Å²) in [6.07, 6.45) is -2.16. The molecule has 8 nitrogen and oxygen atoms in total. The topological polar surface area (TPSA) is 111 Å². The molecule has 23 heavy (non-hydrogen) atoms. The predicted octanol–water partition coefficient (Wildman–Crippen LogP) is 0.993. The van der Waals surface area contributed by atoms with Crippen LogP contribution in [0.5, 0.6) is 0 Å². The highest BCUT2D eigenvalue weighted by molar-refractivity contribution is 9.10. The molecule has 1 atom stereocenters. The van der Waals surface area contributed by atoms with Crippen molar-refractivity contribution in [2.24, 2.45) is 0 Å². The van der Waals surface area contributed by atoms with Crippen LogP contribution >= 0.6 is 15.9 Å². The molecule has 124 valence electrons. The quantitative estimate of drug-likeness (QED) is 0.730. The van der Waals surface area contributed by atoms with Crippen molar-refractivity contribution in [1.29, 1.82) is 0 Å². The lowest BCUT2D eigenvalue weighted by Gasteiger charge is -2.13. The largest absolute Gasteiger partial charge is 0.453 e. The van der Waals surface area contributed by atoms with E-state index in [1.807, 2.05) is 5.32 Å². The fourth-order valence-corrected chi connectivity index (χ4v) is 1.90. The summed E-state index contributed by atoms with van der Waals surface area (Å²) in [4.78, 5) is 45.8. The Bertz CT molecular complexity index is 619. The molecule has 0 bridgehead atoms. The maximum Gasteiger partial charge on any atom is 0.413 e. The molecule has 0 saturated heterocycles. The van der Waals surface area contributed by atoms with Crippen LogP contribution in [-0.4, -0.2) is 43.6 Å². The number of amides is 3. The summed E-state index contributed by atoms with van der Waals surface area (Å²) in [6.45, 7) is 0.863. The molecule has 9 heteroatoms. The maximum atomic E-state index is 11.9. The average molecular weight is 387 g/mol. The van der Waals surface area contributed by atoms with Crippen molar-refractivity contribution in [2.45, 2.75) is 13.0 Å². The van der Waals surface area contributed by atoms with E-state index in [0.29, 0.717) is 10.0 Å². The molecule has 0 saturated carbocycles. The van der Waals surface area contributed by atoms with E-state index >= 15 is 0 Å². The van der Waals surface area contributed by atoms with E-state index in [4.69, 9.17) is 4.74 Å². The molecular weight excluding hydrogens is 372 g/mol. The number of hydrogen-bond donors (Lipinski definition) is 2. The number of esters is 1. The summed E-state index contributed by atoms with van der Waals surface area (Å²) in [5.41, 5.74) is 0.358. The Morgan fingerprint density at radius 3 is 2.48 bits per heavy atom. The van der Waals surface area contributed by atoms with Crippen molar-refractivity contribution < 1.29 is 28.7 Å². The third kappa shape index (κ3) is 6.07. The lowest BCUT2D eigenvalue weighted by molar-refractivity contribution is -0.153. The standard InChI is InChI=1S/C14H15BrN2O6/c1-8(12(19)17-14(21)22-2)23-11(18)7-16-13(20)9-5-3-4-6-10(9)15/h3-6,8H,7H2,1-2H3,(H,16,20)(H,17,19,21)/t8-/m1/s1. The molecule has 0 unspecified atom stereocenters. The lowest BCUT2D eigenvalue weighted by Crippen LogP contribution is -2.41. The summed E-state index contributed by atoms with van der Waals surface area (Å²) >= 11 is 3.22. The zero-order valence-corrected chi connectivity index (χ0v) is 14.0. The maximum absolute atomic E-state index is 11.9. The highest BCUT2D eigenvalue weighted by atomic mass is 79.9. The fourth-order valence-electron chi connectivity index (χ4n) is 1.44. The Morgan fingerprint density at radius 1 is 1.22 bits per heavy atom. The van der Waals surface area contributed by atoms with Gasteiger partial charge in [-0.25, -0.2) is 4.79 Å². The predicted molar refractivity (Wildman–Crippen MR) is 82.6 cm³/mol. The van der Waals surface area contributed by atoms with Gasteiger partial charge in [-0.15, -0.1) is 0 Å². The molecule has 0 radical (unpaired) electrons. The third-order valence-corrected chi connectivity index (χ3v) is 3.29. The van der Waals surface area contributed by atoms with Gasteiger partial charge in [0.15, 0.2) is 6.10 Å². The molecule has 0 aliphatic carbocycles. The van der Waals surface area contributed by atoms with E-state index in [9.17, 15) is 19.2 Å². The molecule has 0 aromatic heterocycles. The van der Waals surface area contributed by atoms with Gasteiger partial charge in [0.25, 0.3) is 11.8 Å². The monoisotopic (exact) mass is 386 g/mol. The second-order valence-corrected chi connectivity index (χ2v) is 5.13. The molecule has 0 fully saturated rings. The molecule has 0 aliphatic heterocycles. The Morgan fingerprint density at radius 2 is 1.87 bits per heavy atom. The number of benzene rings is 1. The van der Waals surface area contributed by atoms with E-state index in [0.717, 1.165) is 7.11 Å². The van der Waals surface area contributed by atoms with Gasteiger partial charge in [0, 0.05) is 4.47 Å². The van der Waals surface area contributed by atoms with Gasteiger partial charge in [-0.3, -0.25) is 19.7 Å². The van der Waals surface area contributed by atoms with Crippen LogP contribution in [0, 0.1) is 0 Å². The number of carbonyl (C=O) groups excluding carboxylic acids is 4. The van der Waals surface area contributed by atoms with Gasteiger partial charge in [0.2, 0.25) is 0 Å². The minimum atomic E-state index is -1.21. The van der Waals surface area contributed by atoms with Crippen LogP contribution in [0.1, 0.15) is 17.3 Å². The number of ether oxygens (including phenoxy) is 2. The van der Waals surface area contributed by atoms with Crippen molar-refractivity contribution in [1.82, 2.24) is 10.6 Å². The summed E-state index contributed by atoms with van der Waals surface area (Å²) in [7, 11) is 1.09. The van der Waals surface area contributed by atoms with Crippen molar-refractivity contribution >= 4 is 39.8 Å². The van der Waals surface area contributed by atoms with Crippen molar-refractivity contribution in [3.8, 4) is 0 Å². The molecular formula is C14H15BrN2O6. The van der Waals surface area contributed by atoms with Crippen LogP contribution in [0.3, 0.4) is 0 Å². The van der Waals surface area contributed by atoms with Gasteiger partial charge in [-0.2, -0.15) is 0 Å². The summed E-state index contributed by atoms with van der Waals surface area (Å²) < 4.78 is 9.61. The van der Waals surface area contributed by atoms with Crippen molar-refractivity contribution in [2.75, 3.05) is 13.7 Å². The number of halogens is 1. The first kappa shape index (κ1) is 18.6. The lowest BCUT2D eigenvalue weighted by atomic mass is 10.2. The average Bonchev–Trinajstić information content (AvgIpc) is 2.52. The summed E-state index contributed by atoms with van der Waals surface area (Å²) in [6, 6.07) is 6.69. The number of nitrogens with one attached hydrogen (secondary N) is 2. The molecule has 0 aliphatic rings. The van der Waals surface area contributed by atoms with E-state index in [1.54, 1.807) is 24.3 Å². The first-order valence-electron chi connectivity index (χ1n) is 6.46. The number of methoxy groups -OCH3 is 1. The van der Waals surface area contributed by atoms with E-state index in [2.05, 4.69) is 26.0 Å². The van der Waals surface area contributed by atoms with Crippen LogP contribution in [0.15, 0.2) is 28.7 Å². The van der Waals surface area contributed by atoms with Gasteiger partial charge in [0.1, 0.15) is 6.54 Å². The van der Waals surface area contributed by atoms with Gasteiger partial charge < -0.3 is 14.8 Å². The molecule has 0 spiro atoms. The van der Waals surface area contributed by atoms with Gasteiger partial charge in [-0.1, -0.05) is 12.1 Å². The number of imide groups is 1. The van der Waals surface area contributed by atoms with Crippen molar-refractivity contribution in [3.05, 3.63) is 34.3 Å². The van der Waals surface area contributed by atoms with E-state index in [-0.39, 0.29) is 0 Å². The highest BCUT2D eigenvalue weighted by Gasteiger charge is 2.20. The van der Waals surface area contributed by atoms with Gasteiger partial charge >= 0.3 is 12.1 Å². The Balaban J connectivity index is 2.45. The highest BCUT2D eigenvalue weighted by Crippen LogP contribution is 2.15. The normalized spacial score (nSPS) is 11.1. The molecule has 1 rings (SSSR count). The smallest absolute Gasteiger partial charge is 0.413 e. The minimum absolute atomic E-state index is 0.358.